The van der Waals surface area contributed by atoms with E-state index in [4.69, 9.17) is 4.74 Å². The highest BCUT2D eigenvalue weighted by atomic mass is 16.6. The molecule has 8 N–H and O–H groups in total. The highest BCUT2D eigenvalue weighted by molar-refractivity contribution is 5.90. The van der Waals surface area contributed by atoms with Gasteiger partial charge in [-0.3, -0.25) is 0 Å². The Morgan fingerprint density at radius 3 is 1.85 bits per heavy atom. The van der Waals surface area contributed by atoms with Crippen LogP contribution in [0.25, 0.3) is 18.2 Å². The Kier molecular flexibility index (Phi) is 9.03. The maximum absolute atomic E-state index is 12.4. The number of aliphatic hydroxyl groups excluding tert-OH is 1. The lowest BCUT2D eigenvalue weighted by atomic mass is 10.00. The molecule has 0 aliphatic heterocycles. The van der Waals surface area contributed by atoms with E-state index in [0.717, 1.165) is 18.2 Å². The van der Waals surface area contributed by atoms with Crippen molar-refractivity contribution >= 4 is 30.2 Å². The van der Waals surface area contributed by atoms with E-state index >= 15 is 0 Å². The third-order valence-corrected chi connectivity index (χ3v) is 5.63. The average Bonchev–Trinajstić information content (AvgIpc) is 2.88. The summed E-state index contributed by atoms with van der Waals surface area (Å²) >= 11 is 0. The van der Waals surface area contributed by atoms with Crippen molar-refractivity contribution in [1.82, 2.24) is 0 Å². The molecular formula is C28H26O11. The lowest BCUT2D eigenvalue weighted by molar-refractivity contribution is -0.160. The fraction of sp³-hybridized carbons (Fsp3) is 0.143. The molecule has 3 aromatic rings. The second kappa shape index (κ2) is 12.4. The lowest BCUT2D eigenvalue weighted by Crippen LogP contribution is -2.28. The monoisotopic (exact) mass is 538 g/mol. The smallest absolute Gasteiger partial charge is 0.345 e. The van der Waals surface area contributed by atoms with Crippen LogP contribution in [-0.2, 0) is 27.2 Å². The number of phenolic OH excluding ortho intramolecular Hbond substituents is 6. The quantitative estimate of drug-likeness (QED) is 0.0815. The van der Waals surface area contributed by atoms with Crippen LogP contribution in [-0.4, -0.2) is 65.5 Å². The van der Waals surface area contributed by atoms with Crippen molar-refractivity contribution in [1.29, 1.82) is 0 Å². The minimum atomic E-state index is -1.61. The highest BCUT2D eigenvalue weighted by Crippen LogP contribution is 2.33. The molecule has 204 valence electrons. The predicted molar refractivity (Wildman–Crippen MR) is 139 cm³/mol. The Labute approximate surface area is 222 Å². The number of carbonyl (C=O) groups excluding carboxylic acids is 1. The van der Waals surface area contributed by atoms with Crippen molar-refractivity contribution in [3.8, 4) is 34.5 Å². The van der Waals surface area contributed by atoms with Gasteiger partial charge < -0.3 is 45.6 Å². The number of carbonyl (C=O) groups is 2. The maximum atomic E-state index is 12.4. The molecule has 0 bridgehead atoms. The van der Waals surface area contributed by atoms with Crippen molar-refractivity contribution in [3.05, 3.63) is 76.4 Å². The molecule has 11 nitrogen and oxygen atoms in total. The van der Waals surface area contributed by atoms with Crippen molar-refractivity contribution < 1.29 is 55.2 Å². The van der Waals surface area contributed by atoms with Crippen molar-refractivity contribution in [2.45, 2.75) is 18.9 Å². The van der Waals surface area contributed by atoms with Crippen LogP contribution in [0.4, 0.5) is 0 Å². The molecule has 0 aromatic heterocycles. The van der Waals surface area contributed by atoms with Crippen LogP contribution >= 0.6 is 0 Å². The molecule has 0 fully saturated rings. The molecule has 3 aromatic carbocycles. The van der Waals surface area contributed by atoms with E-state index in [-0.39, 0.29) is 42.3 Å². The highest BCUT2D eigenvalue weighted by Gasteiger charge is 2.22. The number of hydrogen-bond donors (Lipinski definition) is 8. The number of aromatic hydroxyl groups is 6. The Morgan fingerprint density at radius 1 is 0.718 bits per heavy atom. The number of esters is 1. The van der Waals surface area contributed by atoms with Gasteiger partial charge in [-0.1, -0.05) is 18.2 Å². The van der Waals surface area contributed by atoms with Crippen molar-refractivity contribution in [2.24, 2.45) is 0 Å². The number of benzene rings is 3. The Bertz CT molecular complexity index is 1440. The van der Waals surface area contributed by atoms with E-state index in [1.54, 1.807) is 0 Å². The number of phenols is 6. The molecule has 0 unspecified atom stereocenters. The molecule has 1 atom stereocenters. The van der Waals surface area contributed by atoms with E-state index in [9.17, 15) is 50.4 Å². The third kappa shape index (κ3) is 7.43. The van der Waals surface area contributed by atoms with Gasteiger partial charge in [-0.2, -0.15) is 0 Å². The van der Waals surface area contributed by atoms with Crippen molar-refractivity contribution in [3.63, 3.8) is 0 Å². The van der Waals surface area contributed by atoms with Crippen molar-refractivity contribution in [2.75, 3.05) is 6.61 Å². The molecule has 11 heteroatoms. The van der Waals surface area contributed by atoms with Gasteiger partial charge in [0.2, 0.25) is 6.10 Å². The van der Waals surface area contributed by atoms with Crippen LogP contribution in [0.15, 0.2) is 48.5 Å². The van der Waals surface area contributed by atoms with E-state index < -0.39 is 35.3 Å². The zero-order valence-electron chi connectivity index (χ0n) is 20.4. The summed E-state index contributed by atoms with van der Waals surface area (Å²) < 4.78 is 5.02. The zero-order valence-corrected chi connectivity index (χ0v) is 20.4. The van der Waals surface area contributed by atoms with Gasteiger partial charge in [-0.05, 0) is 76.7 Å². The first kappa shape index (κ1) is 28.4. The predicted octanol–water partition coefficient (Wildman–Crippen LogP) is 2.88. The molecule has 0 amide bonds. The first-order chi connectivity index (χ1) is 18.5. The second-order valence-electron chi connectivity index (χ2n) is 8.44. The van der Waals surface area contributed by atoms with Gasteiger partial charge in [0.25, 0.3) is 0 Å². The molecule has 0 aliphatic carbocycles. The SMILES string of the molecule is O=C(/C=C/c1cc(O)c(O)cc1/C=C/c1cc(O)c(O)cc1CCO)O[C@H](Cc1ccc(O)c(O)c1)C(=O)O. The summed E-state index contributed by atoms with van der Waals surface area (Å²) in [5.74, 6) is -5.00. The topological polar surface area (TPSA) is 205 Å². The average molecular weight is 539 g/mol. The molecule has 0 spiro atoms. The van der Waals surface area contributed by atoms with Gasteiger partial charge in [0.15, 0.2) is 34.5 Å². The molecule has 0 saturated carbocycles. The number of aliphatic carboxylic acids is 1. The lowest BCUT2D eigenvalue weighted by Gasteiger charge is -2.13. The molecule has 0 aliphatic rings. The van der Waals surface area contributed by atoms with Gasteiger partial charge >= 0.3 is 11.9 Å². The summed E-state index contributed by atoms with van der Waals surface area (Å²) in [6.45, 7) is -0.216. The number of carboxylic acid groups (broad SMARTS) is 1. The van der Waals surface area contributed by atoms with Crippen LogP contribution < -0.4 is 0 Å². The van der Waals surface area contributed by atoms with Gasteiger partial charge in [-0.15, -0.1) is 0 Å². The standard InChI is InChI=1S/C28H26O11/c29-8-7-19-14-25(35)23(33)12-17(19)3-2-16-11-22(32)24(34)13-18(16)4-6-27(36)39-26(28(37)38)10-15-1-5-20(30)21(31)9-15/h1-6,9,11-14,26,29-35H,7-8,10H2,(H,37,38)/b3-2+,6-4+/t26-/m1/s1. The van der Waals surface area contributed by atoms with E-state index in [0.29, 0.717) is 22.3 Å². The van der Waals surface area contributed by atoms with Gasteiger partial charge in [0.05, 0.1) is 0 Å². The second-order valence-corrected chi connectivity index (χ2v) is 8.44. The number of hydrogen-bond acceptors (Lipinski definition) is 10. The van der Waals surface area contributed by atoms with E-state index in [1.165, 1.54) is 48.6 Å². The minimum Gasteiger partial charge on any atom is -0.504 e. The Morgan fingerprint density at radius 2 is 1.26 bits per heavy atom. The van der Waals surface area contributed by atoms with Gasteiger partial charge in [-0.25, -0.2) is 9.59 Å². The van der Waals surface area contributed by atoms with Crippen LogP contribution in [0.5, 0.6) is 34.5 Å². The molecule has 0 saturated heterocycles. The number of carboxylic acids is 1. The van der Waals surface area contributed by atoms with Crippen LogP contribution in [0, 0.1) is 0 Å². The molecular weight excluding hydrogens is 512 g/mol. The Hall–Kier alpha value is -5.16. The van der Waals surface area contributed by atoms with Crippen LogP contribution in [0.2, 0.25) is 0 Å². The van der Waals surface area contributed by atoms with E-state index in [2.05, 4.69) is 0 Å². The minimum absolute atomic E-state index is 0.182. The zero-order chi connectivity index (χ0) is 28.7. The fourth-order valence-corrected chi connectivity index (χ4v) is 3.63. The summed E-state index contributed by atoms with van der Waals surface area (Å²) in [5, 5.41) is 77.3. The summed E-state index contributed by atoms with van der Waals surface area (Å²) in [5.41, 5.74) is 1.82. The summed E-state index contributed by atoms with van der Waals surface area (Å²) in [6, 6.07) is 8.64. The normalized spacial score (nSPS) is 12.1. The maximum Gasteiger partial charge on any atom is 0.345 e. The first-order valence-electron chi connectivity index (χ1n) is 11.5. The number of ether oxygens (including phenoxy) is 1. The first-order valence-corrected chi connectivity index (χ1v) is 11.5. The summed E-state index contributed by atoms with van der Waals surface area (Å²) in [7, 11) is 0. The number of rotatable bonds is 10. The van der Waals surface area contributed by atoms with Gasteiger partial charge in [0, 0.05) is 19.1 Å². The molecule has 3 rings (SSSR count). The molecule has 39 heavy (non-hydrogen) atoms. The van der Waals surface area contributed by atoms with Crippen LogP contribution in [0.3, 0.4) is 0 Å². The fourth-order valence-electron chi connectivity index (χ4n) is 3.63. The largest absolute Gasteiger partial charge is 0.504 e. The summed E-state index contributed by atoms with van der Waals surface area (Å²) in [6.07, 6.45) is 3.47. The molecule has 0 radical (unpaired) electrons. The Balaban J connectivity index is 1.84. The van der Waals surface area contributed by atoms with Gasteiger partial charge in [0.1, 0.15) is 0 Å². The number of aliphatic hydroxyl groups is 1. The third-order valence-electron chi connectivity index (χ3n) is 5.63. The van der Waals surface area contributed by atoms with Crippen LogP contribution in [0.1, 0.15) is 27.8 Å². The summed E-state index contributed by atoms with van der Waals surface area (Å²) in [4.78, 5) is 24.0. The van der Waals surface area contributed by atoms with E-state index in [1.807, 2.05) is 0 Å². The molecule has 0 heterocycles.